The molecule has 0 spiro atoms. The standard InChI is InChI=1S/C14H24ClN3/c1-14(2,11-15)16-10-12-8-9-18(17-12)13-6-4-3-5-7-13/h8-9,13,16H,3-7,10-11H2,1-2H3. The van der Waals surface area contributed by atoms with Gasteiger partial charge in [0, 0.05) is 24.2 Å². The molecule has 1 N–H and O–H groups in total. The van der Waals surface area contributed by atoms with Crippen LogP contribution in [0.5, 0.6) is 0 Å². The molecule has 0 amide bonds. The Morgan fingerprint density at radius 2 is 2.11 bits per heavy atom. The molecule has 1 aliphatic carbocycles. The Kier molecular flexibility index (Phi) is 4.68. The van der Waals surface area contributed by atoms with Gasteiger partial charge in [0.2, 0.25) is 0 Å². The molecule has 2 rings (SSSR count). The van der Waals surface area contributed by atoms with Gasteiger partial charge in [-0.3, -0.25) is 4.68 Å². The average Bonchev–Trinajstić information content (AvgIpc) is 2.86. The number of halogens is 1. The SMILES string of the molecule is CC(C)(CCl)NCc1ccn(C2CCCCC2)n1. The molecular formula is C14H24ClN3. The van der Waals surface area contributed by atoms with Crippen LogP contribution in [0.1, 0.15) is 57.7 Å². The second-order valence-electron chi connectivity index (χ2n) is 5.95. The van der Waals surface area contributed by atoms with Gasteiger partial charge in [0.25, 0.3) is 0 Å². The zero-order valence-electron chi connectivity index (χ0n) is 11.5. The van der Waals surface area contributed by atoms with Gasteiger partial charge in [-0.15, -0.1) is 11.6 Å². The van der Waals surface area contributed by atoms with Crippen LogP contribution in [0.25, 0.3) is 0 Å². The summed E-state index contributed by atoms with van der Waals surface area (Å²) in [5, 5.41) is 8.12. The lowest BCUT2D eigenvalue weighted by Crippen LogP contribution is -2.40. The molecule has 102 valence electrons. The Morgan fingerprint density at radius 1 is 1.39 bits per heavy atom. The molecule has 0 aromatic carbocycles. The highest BCUT2D eigenvalue weighted by Gasteiger charge is 2.18. The Labute approximate surface area is 115 Å². The molecule has 1 aromatic heterocycles. The largest absolute Gasteiger partial charge is 0.305 e. The summed E-state index contributed by atoms with van der Waals surface area (Å²) >= 11 is 5.90. The number of hydrogen-bond acceptors (Lipinski definition) is 2. The van der Waals surface area contributed by atoms with E-state index in [-0.39, 0.29) is 5.54 Å². The predicted molar refractivity (Wildman–Crippen MR) is 76.0 cm³/mol. The third kappa shape index (κ3) is 3.72. The van der Waals surface area contributed by atoms with E-state index in [4.69, 9.17) is 11.6 Å². The maximum absolute atomic E-state index is 5.90. The van der Waals surface area contributed by atoms with E-state index < -0.39 is 0 Å². The Bertz CT molecular complexity index is 367. The maximum Gasteiger partial charge on any atom is 0.0762 e. The van der Waals surface area contributed by atoms with Crippen LogP contribution in [0.3, 0.4) is 0 Å². The summed E-state index contributed by atoms with van der Waals surface area (Å²) in [6.07, 6.45) is 8.76. The van der Waals surface area contributed by atoms with Crippen LogP contribution in [0.4, 0.5) is 0 Å². The van der Waals surface area contributed by atoms with Crippen LogP contribution >= 0.6 is 11.6 Å². The summed E-state index contributed by atoms with van der Waals surface area (Å²) in [5.41, 5.74) is 1.08. The molecule has 3 nitrogen and oxygen atoms in total. The van der Waals surface area contributed by atoms with Crippen molar-refractivity contribution < 1.29 is 0 Å². The van der Waals surface area contributed by atoms with E-state index in [2.05, 4.69) is 41.2 Å². The van der Waals surface area contributed by atoms with Crippen LogP contribution in [0, 0.1) is 0 Å². The van der Waals surface area contributed by atoms with E-state index >= 15 is 0 Å². The fourth-order valence-electron chi connectivity index (χ4n) is 2.40. The molecule has 0 atom stereocenters. The summed E-state index contributed by atoms with van der Waals surface area (Å²) in [4.78, 5) is 0. The third-order valence-electron chi connectivity index (χ3n) is 3.69. The molecule has 0 unspecified atom stereocenters. The summed E-state index contributed by atoms with van der Waals surface area (Å²) < 4.78 is 2.16. The Hall–Kier alpha value is -0.540. The molecule has 0 saturated heterocycles. The predicted octanol–water partition coefficient (Wildman–Crippen LogP) is 3.50. The first kappa shape index (κ1) is 13.9. The minimum Gasteiger partial charge on any atom is -0.305 e. The van der Waals surface area contributed by atoms with Gasteiger partial charge in [0.1, 0.15) is 0 Å². The first-order chi connectivity index (χ1) is 8.61. The second kappa shape index (κ2) is 6.07. The molecular weight excluding hydrogens is 246 g/mol. The fraction of sp³-hybridized carbons (Fsp3) is 0.786. The van der Waals surface area contributed by atoms with Crippen molar-refractivity contribution in [3.63, 3.8) is 0 Å². The molecule has 1 saturated carbocycles. The van der Waals surface area contributed by atoms with Gasteiger partial charge in [0.15, 0.2) is 0 Å². The number of alkyl halides is 1. The van der Waals surface area contributed by atoms with Crippen molar-refractivity contribution in [1.29, 1.82) is 0 Å². The molecule has 0 radical (unpaired) electrons. The molecule has 4 heteroatoms. The van der Waals surface area contributed by atoms with Crippen molar-refractivity contribution in [2.75, 3.05) is 5.88 Å². The van der Waals surface area contributed by atoms with Gasteiger partial charge in [-0.1, -0.05) is 19.3 Å². The number of aromatic nitrogens is 2. The van der Waals surface area contributed by atoms with Gasteiger partial charge in [-0.05, 0) is 32.8 Å². The summed E-state index contributed by atoms with van der Waals surface area (Å²) in [5.74, 6) is 0.607. The van der Waals surface area contributed by atoms with Gasteiger partial charge >= 0.3 is 0 Å². The average molecular weight is 270 g/mol. The lowest BCUT2D eigenvalue weighted by atomic mass is 9.96. The number of nitrogens with zero attached hydrogens (tertiary/aromatic N) is 2. The van der Waals surface area contributed by atoms with E-state index in [9.17, 15) is 0 Å². The summed E-state index contributed by atoms with van der Waals surface area (Å²) in [7, 11) is 0. The van der Waals surface area contributed by atoms with Crippen LogP contribution < -0.4 is 5.32 Å². The van der Waals surface area contributed by atoms with E-state index in [1.165, 1.54) is 32.1 Å². The normalized spacial score (nSPS) is 18.2. The number of nitrogens with one attached hydrogen (secondary N) is 1. The van der Waals surface area contributed by atoms with Crippen molar-refractivity contribution in [2.45, 2.75) is 64.1 Å². The molecule has 1 aliphatic rings. The molecule has 18 heavy (non-hydrogen) atoms. The monoisotopic (exact) mass is 269 g/mol. The molecule has 1 fully saturated rings. The lowest BCUT2D eigenvalue weighted by molar-refractivity contribution is 0.326. The van der Waals surface area contributed by atoms with Crippen LogP contribution in [-0.4, -0.2) is 21.2 Å². The zero-order valence-corrected chi connectivity index (χ0v) is 12.2. The summed E-state index contributed by atoms with van der Waals surface area (Å²) in [6, 6.07) is 2.74. The molecule has 1 heterocycles. The van der Waals surface area contributed by atoms with E-state index in [1.807, 2.05) is 0 Å². The van der Waals surface area contributed by atoms with E-state index in [0.717, 1.165) is 12.2 Å². The Balaban J connectivity index is 1.89. The van der Waals surface area contributed by atoms with Crippen LogP contribution in [-0.2, 0) is 6.54 Å². The van der Waals surface area contributed by atoms with Crippen molar-refractivity contribution in [1.82, 2.24) is 15.1 Å². The van der Waals surface area contributed by atoms with Gasteiger partial charge in [0.05, 0.1) is 11.7 Å². The Morgan fingerprint density at radius 3 is 2.78 bits per heavy atom. The lowest BCUT2D eigenvalue weighted by Gasteiger charge is -2.23. The van der Waals surface area contributed by atoms with Crippen molar-refractivity contribution in [2.24, 2.45) is 0 Å². The highest BCUT2D eigenvalue weighted by molar-refractivity contribution is 6.18. The smallest absolute Gasteiger partial charge is 0.0762 e. The van der Waals surface area contributed by atoms with E-state index in [1.54, 1.807) is 0 Å². The van der Waals surface area contributed by atoms with Crippen molar-refractivity contribution in [3.8, 4) is 0 Å². The van der Waals surface area contributed by atoms with Crippen molar-refractivity contribution >= 4 is 11.6 Å². The molecule has 0 aliphatic heterocycles. The van der Waals surface area contributed by atoms with Gasteiger partial charge in [-0.25, -0.2) is 0 Å². The zero-order chi connectivity index (χ0) is 13.0. The fourth-order valence-corrected chi connectivity index (χ4v) is 2.49. The van der Waals surface area contributed by atoms with Crippen molar-refractivity contribution in [3.05, 3.63) is 18.0 Å². The third-order valence-corrected chi connectivity index (χ3v) is 4.36. The minimum absolute atomic E-state index is 0.0316. The first-order valence-corrected chi connectivity index (χ1v) is 7.49. The highest BCUT2D eigenvalue weighted by Crippen LogP contribution is 2.27. The first-order valence-electron chi connectivity index (χ1n) is 6.96. The summed E-state index contributed by atoms with van der Waals surface area (Å²) in [6.45, 7) is 5.01. The van der Waals surface area contributed by atoms with Gasteiger partial charge < -0.3 is 5.32 Å². The second-order valence-corrected chi connectivity index (χ2v) is 6.22. The van der Waals surface area contributed by atoms with Crippen LogP contribution in [0.2, 0.25) is 0 Å². The minimum atomic E-state index is -0.0316. The quantitative estimate of drug-likeness (QED) is 0.830. The van der Waals surface area contributed by atoms with Gasteiger partial charge in [-0.2, -0.15) is 5.10 Å². The number of rotatable bonds is 5. The van der Waals surface area contributed by atoms with E-state index in [0.29, 0.717) is 11.9 Å². The maximum atomic E-state index is 5.90. The number of hydrogen-bond donors (Lipinski definition) is 1. The highest BCUT2D eigenvalue weighted by atomic mass is 35.5. The molecule has 0 bridgehead atoms. The molecule has 1 aromatic rings. The van der Waals surface area contributed by atoms with Crippen LogP contribution in [0.15, 0.2) is 12.3 Å². The topological polar surface area (TPSA) is 29.9 Å².